The SMILES string of the molecule is CCCCC(=O)Nc1ccc(C(=O)C(Br)CCC)cc1OCC. The summed E-state index contributed by atoms with van der Waals surface area (Å²) in [4.78, 5) is 24.1. The first kappa shape index (κ1) is 19.7. The smallest absolute Gasteiger partial charge is 0.224 e. The molecular weight excluding hydrogens is 358 g/mol. The van der Waals surface area contributed by atoms with Crippen LogP contribution in [0, 0.1) is 0 Å². The van der Waals surface area contributed by atoms with Crippen LogP contribution in [0.5, 0.6) is 5.75 Å². The van der Waals surface area contributed by atoms with E-state index in [1.54, 1.807) is 18.2 Å². The maximum Gasteiger partial charge on any atom is 0.224 e. The highest BCUT2D eigenvalue weighted by Crippen LogP contribution is 2.28. The molecule has 0 aliphatic heterocycles. The van der Waals surface area contributed by atoms with Gasteiger partial charge < -0.3 is 10.1 Å². The number of anilines is 1. The van der Waals surface area contributed by atoms with Crippen molar-refractivity contribution >= 4 is 33.3 Å². The summed E-state index contributed by atoms with van der Waals surface area (Å²) in [5, 5.41) is 2.86. The zero-order chi connectivity index (χ0) is 17.2. The lowest BCUT2D eigenvalue weighted by molar-refractivity contribution is -0.116. The van der Waals surface area contributed by atoms with Crippen LogP contribution in [0.25, 0.3) is 0 Å². The fraction of sp³-hybridized carbons (Fsp3) is 0.556. The molecule has 0 heterocycles. The Morgan fingerprint density at radius 2 is 1.96 bits per heavy atom. The maximum atomic E-state index is 12.4. The molecule has 0 aromatic heterocycles. The minimum absolute atomic E-state index is 0.0313. The largest absolute Gasteiger partial charge is 0.492 e. The number of benzene rings is 1. The Labute approximate surface area is 147 Å². The molecule has 1 rings (SSSR count). The van der Waals surface area contributed by atoms with Gasteiger partial charge in [-0.2, -0.15) is 0 Å². The van der Waals surface area contributed by atoms with Crippen molar-refractivity contribution in [3.8, 4) is 5.75 Å². The normalized spacial score (nSPS) is 11.8. The van der Waals surface area contributed by atoms with Gasteiger partial charge in [-0.1, -0.05) is 42.6 Å². The number of ketones is 1. The Kier molecular flexibility index (Phi) is 8.92. The van der Waals surface area contributed by atoms with Gasteiger partial charge in [0.1, 0.15) is 5.75 Å². The Balaban J connectivity index is 2.93. The first-order valence-electron chi connectivity index (χ1n) is 8.28. The van der Waals surface area contributed by atoms with E-state index in [1.807, 2.05) is 20.8 Å². The van der Waals surface area contributed by atoms with E-state index in [1.165, 1.54) is 0 Å². The quantitative estimate of drug-likeness (QED) is 0.458. The number of hydrogen-bond donors (Lipinski definition) is 1. The lowest BCUT2D eigenvalue weighted by atomic mass is 10.0. The monoisotopic (exact) mass is 383 g/mol. The second kappa shape index (κ2) is 10.4. The number of carbonyl (C=O) groups excluding carboxylic acids is 2. The first-order chi connectivity index (χ1) is 11.0. The molecule has 1 amide bonds. The van der Waals surface area contributed by atoms with E-state index >= 15 is 0 Å². The molecule has 23 heavy (non-hydrogen) atoms. The van der Waals surface area contributed by atoms with Crippen molar-refractivity contribution < 1.29 is 14.3 Å². The molecule has 5 heteroatoms. The van der Waals surface area contributed by atoms with Crippen LogP contribution in [0.4, 0.5) is 5.69 Å². The molecule has 0 spiro atoms. The highest BCUT2D eigenvalue weighted by atomic mass is 79.9. The number of ether oxygens (including phenoxy) is 1. The van der Waals surface area contributed by atoms with Crippen LogP contribution in [-0.4, -0.2) is 23.1 Å². The standard InChI is InChI=1S/C18H26BrNO3/c1-4-7-9-17(21)20-15-11-10-13(12-16(15)23-6-3)18(22)14(19)8-5-2/h10-12,14H,4-9H2,1-3H3,(H,20,21). The van der Waals surface area contributed by atoms with Crippen molar-refractivity contribution in [3.05, 3.63) is 23.8 Å². The number of amides is 1. The van der Waals surface area contributed by atoms with Gasteiger partial charge >= 0.3 is 0 Å². The number of carbonyl (C=O) groups is 2. The predicted octanol–water partition coefficient (Wildman–Crippen LogP) is 4.96. The van der Waals surface area contributed by atoms with Gasteiger partial charge in [0, 0.05) is 12.0 Å². The molecule has 0 saturated heterocycles. The molecule has 1 unspecified atom stereocenters. The number of Topliss-reactive ketones (excluding diaryl/α,β-unsaturated/α-hetero) is 1. The number of nitrogens with one attached hydrogen (secondary N) is 1. The van der Waals surface area contributed by atoms with Crippen LogP contribution in [0.1, 0.15) is 63.2 Å². The Hall–Kier alpha value is -1.36. The molecular formula is C18H26BrNO3. The molecule has 0 radical (unpaired) electrons. The summed E-state index contributed by atoms with van der Waals surface area (Å²) in [5.74, 6) is 0.548. The van der Waals surface area contributed by atoms with Crippen molar-refractivity contribution in [1.82, 2.24) is 0 Å². The third-order valence-corrected chi connectivity index (χ3v) is 4.30. The van der Waals surface area contributed by atoms with Crippen molar-refractivity contribution in [3.63, 3.8) is 0 Å². The molecule has 128 valence electrons. The second-order valence-electron chi connectivity index (χ2n) is 5.42. The molecule has 1 N–H and O–H groups in total. The number of hydrogen-bond acceptors (Lipinski definition) is 3. The molecule has 0 saturated carbocycles. The van der Waals surface area contributed by atoms with Gasteiger partial charge in [-0.15, -0.1) is 0 Å². The van der Waals surface area contributed by atoms with Gasteiger partial charge in [-0.25, -0.2) is 0 Å². The molecule has 1 aromatic carbocycles. The Bertz CT molecular complexity index is 531. The van der Waals surface area contributed by atoms with Gasteiger partial charge in [0.2, 0.25) is 5.91 Å². The lowest BCUT2D eigenvalue weighted by Gasteiger charge is -2.14. The average molecular weight is 384 g/mol. The number of halogens is 1. The fourth-order valence-electron chi connectivity index (χ4n) is 2.17. The van der Waals surface area contributed by atoms with Gasteiger partial charge in [0.15, 0.2) is 5.78 Å². The molecule has 4 nitrogen and oxygen atoms in total. The maximum absolute atomic E-state index is 12.4. The number of rotatable bonds is 10. The van der Waals surface area contributed by atoms with E-state index < -0.39 is 0 Å². The van der Waals surface area contributed by atoms with E-state index in [0.717, 1.165) is 25.7 Å². The molecule has 1 aromatic rings. The molecule has 0 aliphatic carbocycles. The van der Waals surface area contributed by atoms with Gasteiger partial charge in [0.05, 0.1) is 17.1 Å². The summed E-state index contributed by atoms with van der Waals surface area (Å²) in [6, 6.07) is 5.20. The van der Waals surface area contributed by atoms with Crippen LogP contribution in [-0.2, 0) is 4.79 Å². The van der Waals surface area contributed by atoms with Crippen LogP contribution in [0.2, 0.25) is 0 Å². The van der Waals surface area contributed by atoms with Crippen molar-refractivity contribution in [1.29, 1.82) is 0 Å². The molecule has 0 fully saturated rings. The lowest BCUT2D eigenvalue weighted by Crippen LogP contribution is -2.15. The minimum atomic E-state index is -0.188. The van der Waals surface area contributed by atoms with E-state index in [0.29, 0.717) is 30.0 Å². The third-order valence-electron chi connectivity index (χ3n) is 3.42. The summed E-state index contributed by atoms with van der Waals surface area (Å²) in [6.45, 7) is 6.44. The average Bonchev–Trinajstić information content (AvgIpc) is 2.54. The summed E-state index contributed by atoms with van der Waals surface area (Å²) in [6.07, 6.45) is 4.05. The summed E-state index contributed by atoms with van der Waals surface area (Å²) >= 11 is 3.43. The van der Waals surface area contributed by atoms with Crippen LogP contribution in [0.15, 0.2) is 18.2 Å². The molecule has 1 atom stereocenters. The summed E-state index contributed by atoms with van der Waals surface area (Å²) in [7, 11) is 0. The second-order valence-corrected chi connectivity index (χ2v) is 6.52. The zero-order valence-electron chi connectivity index (χ0n) is 14.2. The molecule has 0 aliphatic rings. The van der Waals surface area contributed by atoms with Gasteiger partial charge in [-0.3, -0.25) is 9.59 Å². The summed E-state index contributed by atoms with van der Waals surface area (Å²) in [5.41, 5.74) is 1.21. The third kappa shape index (κ3) is 6.34. The van der Waals surface area contributed by atoms with Crippen LogP contribution < -0.4 is 10.1 Å². The van der Waals surface area contributed by atoms with E-state index in [-0.39, 0.29) is 16.5 Å². The fourth-order valence-corrected chi connectivity index (χ4v) is 2.89. The Morgan fingerprint density at radius 3 is 2.57 bits per heavy atom. The van der Waals surface area contributed by atoms with E-state index in [2.05, 4.69) is 21.2 Å². The highest BCUT2D eigenvalue weighted by molar-refractivity contribution is 9.10. The van der Waals surface area contributed by atoms with Gasteiger partial charge in [0.25, 0.3) is 0 Å². The highest BCUT2D eigenvalue weighted by Gasteiger charge is 2.18. The van der Waals surface area contributed by atoms with Crippen molar-refractivity contribution in [2.24, 2.45) is 0 Å². The predicted molar refractivity (Wildman–Crippen MR) is 97.7 cm³/mol. The van der Waals surface area contributed by atoms with E-state index in [9.17, 15) is 9.59 Å². The van der Waals surface area contributed by atoms with Crippen LogP contribution in [0.3, 0.4) is 0 Å². The summed E-state index contributed by atoms with van der Waals surface area (Å²) < 4.78 is 5.59. The number of alkyl halides is 1. The number of unbranched alkanes of at least 4 members (excludes halogenated alkanes) is 1. The minimum Gasteiger partial charge on any atom is -0.492 e. The molecule has 0 bridgehead atoms. The van der Waals surface area contributed by atoms with Gasteiger partial charge in [-0.05, 0) is 38.0 Å². The zero-order valence-corrected chi connectivity index (χ0v) is 15.7. The van der Waals surface area contributed by atoms with Crippen molar-refractivity contribution in [2.75, 3.05) is 11.9 Å². The van der Waals surface area contributed by atoms with Crippen molar-refractivity contribution in [2.45, 2.75) is 57.7 Å². The Morgan fingerprint density at radius 1 is 1.22 bits per heavy atom. The van der Waals surface area contributed by atoms with E-state index in [4.69, 9.17) is 4.74 Å². The topological polar surface area (TPSA) is 55.4 Å². The van der Waals surface area contributed by atoms with Crippen LogP contribution >= 0.6 is 15.9 Å². The first-order valence-corrected chi connectivity index (χ1v) is 9.19.